The largest absolute Gasteiger partial charge is 0.477 e. The predicted octanol–water partition coefficient (Wildman–Crippen LogP) is 3.12. The highest BCUT2D eigenvalue weighted by atomic mass is 35.5. The van der Waals surface area contributed by atoms with Crippen LogP contribution in [0.2, 0.25) is 5.02 Å². The van der Waals surface area contributed by atoms with Gasteiger partial charge in [0.05, 0.1) is 18.0 Å². The summed E-state index contributed by atoms with van der Waals surface area (Å²) in [7, 11) is 0. The van der Waals surface area contributed by atoms with Gasteiger partial charge in [-0.15, -0.1) is 11.8 Å². The highest BCUT2D eigenvalue weighted by Crippen LogP contribution is 2.36. The van der Waals surface area contributed by atoms with Gasteiger partial charge in [0.2, 0.25) is 0 Å². The van der Waals surface area contributed by atoms with Crippen LogP contribution >= 0.6 is 23.4 Å². The summed E-state index contributed by atoms with van der Waals surface area (Å²) in [5, 5.41) is 39.9. The van der Waals surface area contributed by atoms with Crippen molar-refractivity contribution in [3.05, 3.63) is 64.2 Å². The van der Waals surface area contributed by atoms with Crippen LogP contribution in [0.5, 0.6) is 5.75 Å². The number of benzene rings is 2. The van der Waals surface area contributed by atoms with Gasteiger partial charge in [-0.25, -0.2) is 0 Å². The summed E-state index contributed by atoms with van der Waals surface area (Å²) in [6.07, 6.45) is -3.32. The SMILES string of the molecule is CC(C)(C)c1ccc(Cc2cc(Cl)ccc2OC2SC(CO)C(O)C(O)C2O)cc1. The molecule has 0 aromatic heterocycles. The maximum atomic E-state index is 10.4. The van der Waals surface area contributed by atoms with E-state index in [1.807, 2.05) is 6.07 Å². The Kier molecular flexibility index (Phi) is 7.38. The van der Waals surface area contributed by atoms with Crippen LogP contribution in [0.1, 0.15) is 37.5 Å². The van der Waals surface area contributed by atoms with E-state index in [0.717, 1.165) is 22.9 Å². The molecule has 30 heavy (non-hydrogen) atoms. The molecule has 1 aliphatic rings. The molecule has 0 aliphatic carbocycles. The van der Waals surface area contributed by atoms with Crippen LogP contribution in [0.15, 0.2) is 42.5 Å². The number of aliphatic hydroxyl groups excluding tert-OH is 4. The molecular formula is C23H29ClO5S. The summed E-state index contributed by atoms with van der Waals surface area (Å²) in [5.74, 6) is 0.538. The van der Waals surface area contributed by atoms with Crippen molar-refractivity contribution >= 4 is 23.4 Å². The van der Waals surface area contributed by atoms with E-state index in [4.69, 9.17) is 16.3 Å². The molecule has 1 fully saturated rings. The normalized spacial score (nSPS) is 27.1. The molecule has 164 valence electrons. The number of aliphatic hydroxyl groups is 4. The molecule has 0 radical (unpaired) electrons. The molecule has 0 spiro atoms. The first-order valence-corrected chi connectivity index (χ1v) is 11.3. The average molecular weight is 453 g/mol. The van der Waals surface area contributed by atoms with Crippen LogP contribution in [0.3, 0.4) is 0 Å². The van der Waals surface area contributed by atoms with Gasteiger partial charge in [-0.05, 0) is 34.7 Å². The molecule has 0 saturated carbocycles. The third kappa shape index (κ3) is 5.31. The van der Waals surface area contributed by atoms with Gasteiger partial charge < -0.3 is 25.2 Å². The van der Waals surface area contributed by atoms with Gasteiger partial charge in [-0.2, -0.15) is 0 Å². The van der Waals surface area contributed by atoms with Crippen LogP contribution in [-0.4, -0.2) is 56.0 Å². The minimum Gasteiger partial charge on any atom is -0.477 e. The fourth-order valence-corrected chi connectivity index (χ4v) is 4.86. The molecule has 2 aromatic rings. The zero-order valence-corrected chi connectivity index (χ0v) is 18.9. The number of halogens is 1. The molecule has 5 atom stereocenters. The Balaban J connectivity index is 1.82. The van der Waals surface area contributed by atoms with Gasteiger partial charge in [-0.3, -0.25) is 0 Å². The van der Waals surface area contributed by atoms with Crippen LogP contribution in [0, 0.1) is 0 Å². The molecule has 3 rings (SSSR count). The Labute approximate surface area is 186 Å². The van der Waals surface area contributed by atoms with Crippen molar-refractivity contribution in [1.29, 1.82) is 0 Å². The highest BCUT2D eigenvalue weighted by molar-refractivity contribution is 8.00. The van der Waals surface area contributed by atoms with E-state index in [1.54, 1.807) is 12.1 Å². The monoisotopic (exact) mass is 452 g/mol. The van der Waals surface area contributed by atoms with Crippen molar-refractivity contribution in [2.75, 3.05) is 6.61 Å². The van der Waals surface area contributed by atoms with Crippen LogP contribution in [-0.2, 0) is 11.8 Å². The van der Waals surface area contributed by atoms with Crippen molar-refractivity contribution < 1.29 is 25.2 Å². The van der Waals surface area contributed by atoms with Crippen LogP contribution in [0.25, 0.3) is 0 Å². The Bertz CT molecular complexity index is 850. The zero-order valence-electron chi connectivity index (χ0n) is 17.3. The number of ether oxygens (including phenoxy) is 1. The van der Waals surface area contributed by atoms with Gasteiger partial charge >= 0.3 is 0 Å². The number of thioether (sulfide) groups is 1. The Morgan fingerprint density at radius 2 is 1.63 bits per heavy atom. The van der Waals surface area contributed by atoms with E-state index in [0.29, 0.717) is 17.2 Å². The lowest BCUT2D eigenvalue weighted by Gasteiger charge is -2.39. The number of hydrogen-bond acceptors (Lipinski definition) is 6. The quantitative estimate of drug-likeness (QED) is 0.557. The summed E-state index contributed by atoms with van der Waals surface area (Å²) < 4.78 is 6.03. The lowest BCUT2D eigenvalue weighted by molar-refractivity contribution is -0.0910. The van der Waals surface area contributed by atoms with E-state index in [-0.39, 0.29) is 12.0 Å². The van der Waals surface area contributed by atoms with Crippen molar-refractivity contribution in [3.8, 4) is 5.75 Å². The van der Waals surface area contributed by atoms with Gasteiger partial charge in [-0.1, -0.05) is 56.6 Å². The molecule has 0 amide bonds. The predicted molar refractivity (Wildman–Crippen MR) is 120 cm³/mol. The molecule has 4 N–H and O–H groups in total. The van der Waals surface area contributed by atoms with Gasteiger partial charge in [0.25, 0.3) is 0 Å². The first-order valence-electron chi connectivity index (χ1n) is 9.95. The number of hydrogen-bond donors (Lipinski definition) is 4. The minimum absolute atomic E-state index is 0.0752. The topological polar surface area (TPSA) is 90.2 Å². The molecule has 5 nitrogen and oxygen atoms in total. The summed E-state index contributed by atoms with van der Waals surface area (Å²) in [6.45, 7) is 6.18. The summed E-state index contributed by atoms with van der Waals surface area (Å²) in [4.78, 5) is 0. The van der Waals surface area contributed by atoms with Crippen molar-refractivity contribution in [2.24, 2.45) is 0 Å². The molecular weight excluding hydrogens is 424 g/mol. The van der Waals surface area contributed by atoms with E-state index >= 15 is 0 Å². The molecule has 0 bridgehead atoms. The number of rotatable bonds is 5. The second-order valence-corrected chi connectivity index (χ2v) is 10.5. The first kappa shape index (κ1) is 23.4. The van der Waals surface area contributed by atoms with Crippen LogP contribution in [0.4, 0.5) is 0 Å². The summed E-state index contributed by atoms with van der Waals surface area (Å²) >= 11 is 7.32. The Hall–Kier alpha value is -1.28. The van der Waals surface area contributed by atoms with Gasteiger partial charge in [0.15, 0.2) is 5.44 Å². The fourth-order valence-electron chi connectivity index (χ4n) is 3.43. The molecule has 7 heteroatoms. The van der Waals surface area contributed by atoms with Crippen LogP contribution < -0.4 is 4.74 Å². The second kappa shape index (κ2) is 9.47. The van der Waals surface area contributed by atoms with E-state index in [9.17, 15) is 20.4 Å². The third-order valence-corrected chi connectivity index (χ3v) is 6.98. The van der Waals surface area contributed by atoms with E-state index in [2.05, 4.69) is 45.0 Å². The highest BCUT2D eigenvalue weighted by Gasteiger charge is 2.44. The minimum atomic E-state index is -1.39. The third-order valence-electron chi connectivity index (χ3n) is 5.33. The summed E-state index contributed by atoms with van der Waals surface area (Å²) in [6, 6.07) is 13.7. The zero-order chi connectivity index (χ0) is 22.1. The maximum absolute atomic E-state index is 10.4. The van der Waals surface area contributed by atoms with Crippen molar-refractivity contribution in [3.63, 3.8) is 0 Å². The van der Waals surface area contributed by atoms with E-state index < -0.39 is 29.0 Å². The standard InChI is InChI=1S/C23H29ClO5S/c1-23(2,3)15-6-4-13(5-7-15)10-14-11-16(24)8-9-17(14)29-22-21(28)20(27)19(26)18(12-25)30-22/h4-9,11,18-22,25-28H,10,12H2,1-3H3. The Morgan fingerprint density at radius 1 is 0.967 bits per heavy atom. The lowest BCUT2D eigenvalue weighted by Crippen LogP contribution is -2.55. The molecule has 1 aliphatic heterocycles. The molecule has 1 heterocycles. The maximum Gasteiger partial charge on any atom is 0.173 e. The van der Waals surface area contributed by atoms with E-state index in [1.165, 1.54) is 5.56 Å². The average Bonchev–Trinajstić information content (AvgIpc) is 2.70. The van der Waals surface area contributed by atoms with Crippen molar-refractivity contribution in [1.82, 2.24) is 0 Å². The smallest absolute Gasteiger partial charge is 0.173 e. The second-order valence-electron chi connectivity index (χ2n) is 8.69. The summed E-state index contributed by atoms with van der Waals surface area (Å²) in [5.41, 5.74) is 2.43. The lowest BCUT2D eigenvalue weighted by atomic mass is 9.86. The fraction of sp³-hybridized carbons (Fsp3) is 0.478. The molecule has 1 saturated heterocycles. The first-order chi connectivity index (χ1) is 14.1. The molecule has 5 unspecified atom stereocenters. The van der Waals surface area contributed by atoms with Gasteiger partial charge in [0.1, 0.15) is 18.0 Å². The van der Waals surface area contributed by atoms with Crippen molar-refractivity contribution in [2.45, 2.75) is 61.6 Å². The van der Waals surface area contributed by atoms with Gasteiger partial charge in [0, 0.05) is 17.0 Å². The Morgan fingerprint density at radius 3 is 2.23 bits per heavy atom. The molecule has 2 aromatic carbocycles.